The summed E-state index contributed by atoms with van der Waals surface area (Å²) in [6, 6.07) is 45.3. The van der Waals surface area contributed by atoms with Gasteiger partial charge < -0.3 is 0 Å². The van der Waals surface area contributed by atoms with Gasteiger partial charge in [-0.3, -0.25) is 9.97 Å². The molecular formula is C36H24N2. The number of pyridine rings is 2. The minimum absolute atomic E-state index is 0.984. The van der Waals surface area contributed by atoms with E-state index in [0.29, 0.717) is 0 Å². The summed E-state index contributed by atoms with van der Waals surface area (Å²) < 4.78 is 0. The van der Waals surface area contributed by atoms with Crippen molar-refractivity contribution in [2.24, 2.45) is 0 Å². The van der Waals surface area contributed by atoms with Crippen LogP contribution in [0.4, 0.5) is 0 Å². The molecule has 2 aromatic heterocycles. The van der Waals surface area contributed by atoms with Gasteiger partial charge in [0.2, 0.25) is 0 Å². The molecule has 0 amide bonds. The molecule has 0 fully saturated rings. The van der Waals surface area contributed by atoms with Crippen LogP contribution in [-0.4, -0.2) is 9.97 Å². The Morgan fingerprint density at radius 3 is 1.55 bits per heavy atom. The Morgan fingerprint density at radius 1 is 0.368 bits per heavy atom. The fourth-order valence-electron chi connectivity index (χ4n) is 5.48. The molecule has 2 heteroatoms. The summed E-state index contributed by atoms with van der Waals surface area (Å²) in [6.07, 6.45) is 5.58. The van der Waals surface area contributed by atoms with Crippen molar-refractivity contribution in [2.45, 2.75) is 0 Å². The van der Waals surface area contributed by atoms with Crippen LogP contribution in [0, 0.1) is 0 Å². The third-order valence-electron chi connectivity index (χ3n) is 7.21. The molecule has 0 aliphatic heterocycles. The van der Waals surface area contributed by atoms with Crippen LogP contribution < -0.4 is 0 Å². The number of nitrogens with zero attached hydrogens (tertiary/aromatic N) is 2. The molecule has 7 rings (SSSR count). The predicted octanol–water partition coefficient (Wildman–Crippen LogP) is 9.45. The standard InChI is InChI=1S/C36H24N2/c1-3-14-32-30(12-1)35(26-19-17-25(18-20-26)34-16-5-6-22-38-34)31-13-2-4-15-33(31)36(32)28-10-7-9-27(23-28)29-11-8-21-37-24-29/h1-24H. The third kappa shape index (κ3) is 3.84. The number of benzene rings is 5. The molecule has 0 saturated heterocycles. The smallest absolute Gasteiger partial charge is 0.0701 e. The molecule has 2 nitrogen and oxygen atoms in total. The SMILES string of the molecule is c1ccc(-c2ccc(-c3c4ccccc4c(-c4cccc(-c5cccnc5)c4)c4ccccc34)cc2)nc1. The zero-order chi connectivity index (χ0) is 25.3. The van der Waals surface area contributed by atoms with Gasteiger partial charge in [0, 0.05) is 29.7 Å². The molecule has 0 spiro atoms. The molecule has 0 saturated carbocycles. The Morgan fingerprint density at radius 2 is 0.947 bits per heavy atom. The maximum absolute atomic E-state index is 4.52. The molecule has 0 radical (unpaired) electrons. The summed E-state index contributed by atoms with van der Waals surface area (Å²) in [4.78, 5) is 8.85. The molecule has 0 atom stereocenters. The number of hydrogen-bond acceptors (Lipinski definition) is 2. The van der Waals surface area contributed by atoms with Crippen LogP contribution in [0.25, 0.3) is 66.2 Å². The van der Waals surface area contributed by atoms with E-state index < -0.39 is 0 Å². The highest BCUT2D eigenvalue weighted by Crippen LogP contribution is 2.44. The molecule has 38 heavy (non-hydrogen) atoms. The zero-order valence-corrected chi connectivity index (χ0v) is 20.8. The second-order valence-electron chi connectivity index (χ2n) is 9.46. The van der Waals surface area contributed by atoms with Gasteiger partial charge in [0.25, 0.3) is 0 Å². The average Bonchev–Trinajstić information content (AvgIpc) is 3.01. The molecule has 0 aliphatic rings. The minimum Gasteiger partial charge on any atom is -0.264 e. The number of hydrogen-bond donors (Lipinski definition) is 0. The van der Waals surface area contributed by atoms with Gasteiger partial charge in [-0.05, 0) is 73.6 Å². The Hall–Kier alpha value is -5.08. The van der Waals surface area contributed by atoms with E-state index in [1.54, 1.807) is 0 Å². The fourth-order valence-corrected chi connectivity index (χ4v) is 5.48. The van der Waals surface area contributed by atoms with Crippen molar-refractivity contribution in [3.05, 3.63) is 146 Å². The van der Waals surface area contributed by atoms with Crippen LogP contribution in [0.1, 0.15) is 0 Å². The van der Waals surface area contributed by atoms with Crippen molar-refractivity contribution in [1.82, 2.24) is 9.97 Å². The number of rotatable bonds is 4. The Bertz CT molecular complexity index is 1830. The Kier molecular flexibility index (Phi) is 5.49. The second-order valence-corrected chi connectivity index (χ2v) is 9.46. The largest absolute Gasteiger partial charge is 0.264 e. The van der Waals surface area contributed by atoms with E-state index in [9.17, 15) is 0 Å². The van der Waals surface area contributed by atoms with E-state index in [0.717, 1.165) is 22.4 Å². The molecule has 0 N–H and O–H groups in total. The van der Waals surface area contributed by atoms with Crippen LogP contribution in [0.2, 0.25) is 0 Å². The summed E-state index contributed by atoms with van der Waals surface area (Å²) >= 11 is 0. The maximum Gasteiger partial charge on any atom is 0.0701 e. The van der Waals surface area contributed by atoms with E-state index in [4.69, 9.17) is 0 Å². The fraction of sp³-hybridized carbons (Fsp3) is 0. The van der Waals surface area contributed by atoms with Gasteiger partial charge in [-0.1, -0.05) is 103 Å². The monoisotopic (exact) mass is 484 g/mol. The summed E-state index contributed by atoms with van der Waals surface area (Å²) in [6.45, 7) is 0. The van der Waals surface area contributed by atoms with Crippen molar-refractivity contribution in [3.63, 3.8) is 0 Å². The van der Waals surface area contributed by atoms with Gasteiger partial charge in [-0.15, -0.1) is 0 Å². The first-order valence-corrected chi connectivity index (χ1v) is 12.8. The third-order valence-corrected chi connectivity index (χ3v) is 7.21. The first-order valence-electron chi connectivity index (χ1n) is 12.8. The lowest BCUT2D eigenvalue weighted by atomic mass is 9.85. The highest BCUT2D eigenvalue weighted by molar-refractivity contribution is 6.21. The van der Waals surface area contributed by atoms with Gasteiger partial charge in [-0.25, -0.2) is 0 Å². The Balaban J connectivity index is 1.47. The van der Waals surface area contributed by atoms with E-state index in [1.165, 1.54) is 43.8 Å². The molecule has 5 aromatic carbocycles. The average molecular weight is 485 g/mol. The first kappa shape index (κ1) is 22.1. The predicted molar refractivity (Wildman–Crippen MR) is 159 cm³/mol. The van der Waals surface area contributed by atoms with E-state index in [-0.39, 0.29) is 0 Å². The number of fused-ring (bicyclic) bond motifs is 2. The maximum atomic E-state index is 4.52. The van der Waals surface area contributed by atoms with E-state index in [2.05, 4.69) is 113 Å². The quantitative estimate of drug-likeness (QED) is 0.233. The zero-order valence-electron chi connectivity index (χ0n) is 20.8. The molecular weight excluding hydrogens is 460 g/mol. The summed E-state index contributed by atoms with van der Waals surface area (Å²) in [7, 11) is 0. The lowest BCUT2D eigenvalue weighted by Gasteiger charge is -2.18. The molecule has 0 aliphatic carbocycles. The van der Waals surface area contributed by atoms with Crippen LogP contribution >= 0.6 is 0 Å². The Labute approximate surface area is 221 Å². The van der Waals surface area contributed by atoms with Crippen molar-refractivity contribution in [1.29, 1.82) is 0 Å². The van der Waals surface area contributed by atoms with Crippen LogP contribution in [0.5, 0.6) is 0 Å². The lowest BCUT2D eigenvalue weighted by molar-refractivity contribution is 1.33. The second kappa shape index (κ2) is 9.42. The van der Waals surface area contributed by atoms with Crippen LogP contribution in [0.15, 0.2) is 146 Å². The molecule has 2 heterocycles. The van der Waals surface area contributed by atoms with Crippen molar-refractivity contribution < 1.29 is 0 Å². The highest BCUT2D eigenvalue weighted by atomic mass is 14.7. The van der Waals surface area contributed by atoms with Crippen molar-refractivity contribution >= 4 is 21.5 Å². The van der Waals surface area contributed by atoms with E-state index >= 15 is 0 Å². The van der Waals surface area contributed by atoms with Gasteiger partial charge in [0.05, 0.1) is 5.69 Å². The highest BCUT2D eigenvalue weighted by Gasteiger charge is 2.17. The van der Waals surface area contributed by atoms with Crippen molar-refractivity contribution in [2.75, 3.05) is 0 Å². The molecule has 0 unspecified atom stereocenters. The first-order chi connectivity index (χ1) is 18.9. The van der Waals surface area contributed by atoms with Gasteiger partial charge in [0.15, 0.2) is 0 Å². The van der Waals surface area contributed by atoms with Crippen molar-refractivity contribution in [3.8, 4) is 44.6 Å². The normalized spacial score (nSPS) is 11.2. The minimum atomic E-state index is 0.984. The van der Waals surface area contributed by atoms with Gasteiger partial charge in [0.1, 0.15) is 0 Å². The van der Waals surface area contributed by atoms with E-state index in [1.807, 2.05) is 42.9 Å². The number of aromatic nitrogens is 2. The summed E-state index contributed by atoms with van der Waals surface area (Å²) in [5, 5.41) is 4.99. The topological polar surface area (TPSA) is 25.8 Å². The van der Waals surface area contributed by atoms with Gasteiger partial charge in [-0.2, -0.15) is 0 Å². The molecule has 178 valence electrons. The summed E-state index contributed by atoms with van der Waals surface area (Å²) in [5.74, 6) is 0. The molecule has 0 bridgehead atoms. The van der Waals surface area contributed by atoms with Crippen LogP contribution in [-0.2, 0) is 0 Å². The summed E-state index contributed by atoms with van der Waals surface area (Å²) in [5.41, 5.74) is 9.31. The van der Waals surface area contributed by atoms with Gasteiger partial charge >= 0.3 is 0 Å². The lowest BCUT2D eigenvalue weighted by Crippen LogP contribution is -1.91. The van der Waals surface area contributed by atoms with Crippen LogP contribution in [0.3, 0.4) is 0 Å². The molecule has 7 aromatic rings.